The number of allylic oxidation sites excluding steroid dienone is 1. The summed E-state index contributed by atoms with van der Waals surface area (Å²) in [5, 5.41) is 16.1. The lowest BCUT2D eigenvalue weighted by atomic mass is 9.86. The van der Waals surface area contributed by atoms with Crippen LogP contribution < -0.4 is 15.4 Å². The number of likely N-dealkylation sites (N-methyl/N-ethyl adjacent to an activating group) is 1. The van der Waals surface area contributed by atoms with Gasteiger partial charge >= 0.3 is 11.8 Å². The Labute approximate surface area is 231 Å². The summed E-state index contributed by atoms with van der Waals surface area (Å²) in [4.78, 5) is 34.6. The van der Waals surface area contributed by atoms with Crippen LogP contribution in [0.25, 0.3) is 0 Å². The Bertz CT molecular complexity index is 1430. The minimum Gasteiger partial charge on any atom is -0.492 e. The summed E-state index contributed by atoms with van der Waals surface area (Å²) < 4.78 is 11.5. The number of hydrogen-bond donors (Lipinski definition) is 2. The fourth-order valence-electron chi connectivity index (χ4n) is 4.00. The number of hydrogen-bond acceptors (Lipinski definition) is 8. The largest absolute Gasteiger partial charge is 0.492 e. The number of carbonyl (C=O) groups excluding carboxylic acids is 2. The van der Waals surface area contributed by atoms with Crippen molar-refractivity contribution in [3.05, 3.63) is 88.2 Å². The van der Waals surface area contributed by atoms with E-state index in [0.717, 1.165) is 5.69 Å². The number of nitriles is 1. The van der Waals surface area contributed by atoms with Crippen LogP contribution >= 0.6 is 11.6 Å². The summed E-state index contributed by atoms with van der Waals surface area (Å²) >= 11 is 6.50. The van der Waals surface area contributed by atoms with Crippen LogP contribution in [0, 0.1) is 17.2 Å². The third-order valence-electron chi connectivity index (χ3n) is 5.88. The van der Waals surface area contributed by atoms with Crippen molar-refractivity contribution in [1.29, 1.82) is 5.26 Å². The summed E-state index contributed by atoms with van der Waals surface area (Å²) in [6.45, 7) is 2.43. The topological polar surface area (TPSA) is 129 Å². The number of dihydropyridines is 1. The van der Waals surface area contributed by atoms with Gasteiger partial charge in [-0.05, 0) is 49.4 Å². The maximum atomic E-state index is 12.5. The number of nitrogens with zero attached hydrogens (tertiary/aromatic N) is 4. The second-order valence-electron chi connectivity index (χ2n) is 8.81. The van der Waals surface area contributed by atoms with Crippen LogP contribution in [0.4, 0.5) is 5.69 Å². The maximum Gasteiger partial charge on any atom is 0.313 e. The van der Waals surface area contributed by atoms with Crippen molar-refractivity contribution < 1.29 is 19.1 Å². The van der Waals surface area contributed by atoms with Crippen molar-refractivity contribution >= 4 is 35.3 Å². The number of halogens is 1. The lowest BCUT2D eigenvalue weighted by Crippen LogP contribution is -2.41. The van der Waals surface area contributed by atoms with Crippen LogP contribution in [0.1, 0.15) is 12.6 Å². The number of nitrogens with one attached hydrogen (secondary N) is 2. The van der Waals surface area contributed by atoms with Gasteiger partial charge in [-0.1, -0.05) is 17.7 Å². The third kappa shape index (κ3) is 6.45. The molecule has 2 amide bonds. The number of fused-ring (bicyclic) bond motifs is 1. The smallest absolute Gasteiger partial charge is 0.313 e. The molecule has 200 valence electrons. The number of ether oxygens (including phenoxy) is 2. The van der Waals surface area contributed by atoms with Crippen molar-refractivity contribution in [2.45, 2.75) is 19.6 Å². The van der Waals surface area contributed by atoms with E-state index in [2.05, 4.69) is 26.7 Å². The molecule has 1 aliphatic carbocycles. The molecule has 0 saturated heterocycles. The van der Waals surface area contributed by atoms with Crippen LogP contribution in [0.5, 0.6) is 5.75 Å². The first-order chi connectivity index (χ1) is 18.8. The van der Waals surface area contributed by atoms with Crippen LogP contribution in [0.2, 0.25) is 5.02 Å². The second kappa shape index (κ2) is 12.3. The third-order valence-corrected chi connectivity index (χ3v) is 6.18. The van der Waals surface area contributed by atoms with Gasteiger partial charge in [0.2, 0.25) is 0 Å². The highest BCUT2D eigenvalue weighted by Gasteiger charge is 2.34. The number of pyridine rings is 1. The van der Waals surface area contributed by atoms with E-state index in [1.54, 1.807) is 36.5 Å². The molecule has 1 aromatic heterocycles. The molecule has 2 unspecified atom stereocenters. The number of aromatic nitrogens is 1. The molecule has 2 atom stereocenters. The van der Waals surface area contributed by atoms with Crippen LogP contribution in [-0.2, 0) is 20.9 Å². The standard InChI is InChI=1S/C28H27ClN6O4/c1-4-38-25-13-22-20(12-23(25)34-27(36)28(37)35(2)3)26(17(14-30)15-32-22)33-18-8-9-24(21(29)11-18)39-16-19-7-5-6-10-31-19/h5-13,15,20,22,33H,4,16H2,1-3H3,(H,34,36). The molecule has 39 heavy (non-hydrogen) atoms. The average Bonchev–Trinajstić information content (AvgIpc) is 2.93. The lowest BCUT2D eigenvalue weighted by Gasteiger charge is -2.32. The van der Waals surface area contributed by atoms with Gasteiger partial charge in [0, 0.05) is 43.8 Å². The number of rotatable bonds is 8. The van der Waals surface area contributed by atoms with E-state index in [1.807, 2.05) is 25.1 Å². The Balaban J connectivity index is 1.58. The van der Waals surface area contributed by atoms with E-state index < -0.39 is 23.8 Å². The molecule has 11 heteroatoms. The van der Waals surface area contributed by atoms with E-state index in [4.69, 9.17) is 21.1 Å². The first-order valence-corrected chi connectivity index (χ1v) is 12.5. The number of amides is 2. The summed E-state index contributed by atoms with van der Waals surface area (Å²) in [5.74, 6) is -1.07. The predicted octanol–water partition coefficient (Wildman–Crippen LogP) is 3.60. The first kappa shape index (κ1) is 27.4. The quantitative estimate of drug-likeness (QED) is 0.484. The van der Waals surface area contributed by atoms with Crippen molar-refractivity contribution in [2.75, 3.05) is 26.0 Å². The zero-order valence-electron chi connectivity index (χ0n) is 21.6. The van der Waals surface area contributed by atoms with E-state index in [9.17, 15) is 14.9 Å². The Hall–Kier alpha value is -4.62. The van der Waals surface area contributed by atoms with Gasteiger partial charge in [-0.2, -0.15) is 5.26 Å². The molecule has 10 nitrogen and oxygen atoms in total. The van der Waals surface area contributed by atoms with Gasteiger partial charge in [0.1, 0.15) is 24.2 Å². The number of benzene rings is 1. The van der Waals surface area contributed by atoms with Crippen molar-refractivity contribution in [3.8, 4) is 11.8 Å². The number of aliphatic imine (C=N–C) groups is 1. The Morgan fingerprint density at radius 1 is 1.18 bits per heavy atom. The van der Waals surface area contributed by atoms with E-state index in [-0.39, 0.29) is 6.61 Å². The molecule has 0 fully saturated rings. The zero-order valence-corrected chi connectivity index (χ0v) is 22.4. The summed E-state index contributed by atoms with van der Waals surface area (Å²) in [6.07, 6.45) is 6.69. The molecule has 0 saturated carbocycles. The highest BCUT2D eigenvalue weighted by Crippen LogP contribution is 2.36. The monoisotopic (exact) mass is 546 g/mol. The minimum atomic E-state index is -0.804. The SMILES string of the molecule is CCOC1=CC2N=CC(C#N)=C(Nc3ccc(OCc4ccccn4)c(Cl)c3)C2C=C1NC(=O)C(=O)N(C)C. The molecule has 4 rings (SSSR count). The average molecular weight is 547 g/mol. The Morgan fingerprint density at radius 3 is 2.67 bits per heavy atom. The molecular weight excluding hydrogens is 520 g/mol. The minimum absolute atomic E-state index is 0.265. The molecule has 2 aliphatic rings. The zero-order chi connectivity index (χ0) is 27.9. The molecular formula is C28H27ClN6O4. The van der Waals surface area contributed by atoms with Gasteiger partial charge < -0.3 is 25.0 Å². The summed E-state index contributed by atoms with van der Waals surface area (Å²) in [7, 11) is 2.98. The normalized spacial score (nSPS) is 17.7. The van der Waals surface area contributed by atoms with Gasteiger partial charge in [-0.15, -0.1) is 0 Å². The fourth-order valence-corrected chi connectivity index (χ4v) is 4.23. The van der Waals surface area contributed by atoms with E-state index in [0.29, 0.717) is 45.8 Å². The Morgan fingerprint density at radius 2 is 2.00 bits per heavy atom. The van der Waals surface area contributed by atoms with Gasteiger partial charge in [0.15, 0.2) is 0 Å². The Kier molecular flexibility index (Phi) is 8.63. The van der Waals surface area contributed by atoms with Gasteiger partial charge in [0.05, 0.1) is 34.6 Å². The number of carbonyl (C=O) groups is 2. The highest BCUT2D eigenvalue weighted by molar-refractivity contribution is 6.35. The van der Waals surface area contributed by atoms with E-state index >= 15 is 0 Å². The van der Waals surface area contributed by atoms with Gasteiger partial charge in [-0.25, -0.2) is 0 Å². The molecule has 2 heterocycles. The molecule has 0 bridgehead atoms. The fraction of sp³-hybridized carbons (Fsp3) is 0.250. The maximum absolute atomic E-state index is 12.5. The molecule has 1 aromatic carbocycles. The van der Waals surface area contributed by atoms with Gasteiger partial charge in [0.25, 0.3) is 0 Å². The molecule has 2 N–H and O–H groups in total. The molecule has 1 aliphatic heterocycles. The van der Waals surface area contributed by atoms with Crippen molar-refractivity contribution in [2.24, 2.45) is 10.9 Å². The lowest BCUT2D eigenvalue weighted by molar-refractivity contribution is -0.143. The highest BCUT2D eigenvalue weighted by atomic mass is 35.5. The van der Waals surface area contributed by atoms with Crippen molar-refractivity contribution in [1.82, 2.24) is 15.2 Å². The van der Waals surface area contributed by atoms with Crippen LogP contribution in [0.15, 0.2) is 82.5 Å². The molecule has 0 spiro atoms. The summed E-state index contributed by atoms with van der Waals surface area (Å²) in [6, 6.07) is 12.6. The van der Waals surface area contributed by atoms with Gasteiger partial charge in [-0.3, -0.25) is 19.6 Å². The van der Waals surface area contributed by atoms with Crippen LogP contribution in [-0.4, -0.2) is 54.7 Å². The van der Waals surface area contributed by atoms with E-state index in [1.165, 1.54) is 25.2 Å². The number of anilines is 1. The first-order valence-electron chi connectivity index (χ1n) is 12.2. The molecule has 2 aromatic rings. The predicted molar refractivity (Wildman–Crippen MR) is 147 cm³/mol. The van der Waals surface area contributed by atoms with Crippen molar-refractivity contribution in [3.63, 3.8) is 0 Å². The molecule has 0 radical (unpaired) electrons. The second-order valence-corrected chi connectivity index (χ2v) is 9.22. The van der Waals surface area contributed by atoms with Crippen LogP contribution in [0.3, 0.4) is 0 Å². The summed E-state index contributed by atoms with van der Waals surface area (Å²) in [5.41, 5.74) is 2.60.